The van der Waals surface area contributed by atoms with Gasteiger partial charge >= 0.3 is 12.1 Å². The van der Waals surface area contributed by atoms with Crippen molar-refractivity contribution in [2.45, 2.75) is 78.2 Å². The molecule has 0 bridgehead atoms. The molecule has 5 rings (SSSR count). The fraction of sp³-hybridized carbons (Fsp3) is 0.562. The number of pyridine rings is 1. The zero-order valence-corrected chi connectivity index (χ0v) is 26.8. The Morgan fingerprint density at radius 2 is 1.74 bits per heavy atom. The van der Waals surface area contributed by atoms with Crippen LogP contribution in [0.1, 0.15) is 64.7 Å². The van der Waals surface area contributed by atoms with Crippen LogP contribution in [0.5, 0.6) is 5.75 Å². The van der Waals surface area contributed by atoms with Crippen molar-refractivity contribution in [3.05, 3.63) is 36.0 Å². The molecular formula is C32H45N5O6. The molecule has 2 saturated heterocycles. The van der Waals surface area contributed by atoms with E-state index in [1.165, 1.54) is 20.0 Å². The van der Waals surface area contributed by atoms with Gasteiger partial charge < -0.3 is 33.3 Å². The van der Waals surface area contributed by atoms with Crippen LogP contribution in [0.25, 0.3) is 22.4 Å². The predicted molar refractivity (Wildman–Crippen MR) is 166 cm³/mol. The van der Waals surface area contributed by atoms with Gasteiger partial charge in [-0.1, -0.05) is 0 Å². The van der Waals surface area contributed by atoms with Gasteiger partial charge in [0, 0.05) is 37.4 Å². The molecular weight excluding hydrogens is 550 g/mol. The van der Waals surface area contributed by atoms with Crippen molar-refractivity contribution in [1.82, 2.24) is 19.4 Å². The molecule has 11 nitrogen and oxygen atoms in total. The number of hydrogen-bond donors (Lipinski definition) is 0. The van der Waals surface area contributed by atoms with E-state index in [4.69, 9.17) is 28.9 Å². The topological polar surface area (TPSA) is 108 Å². The van der Waals surface area contributed by atoms with Crippen molar-refractivity contribution in [2.75, 3.05) is 38.8 Å². The zero-order valence-electron chi connectivity index (χ0n) is 26.8. The van der Waals surface area contributed by atoms with E-state index in [9.17, 15) is 9.59 Å². The number of imidazole rings is 1. The van der Waals surface area contributed by atoms with Crippen LogP contribution < -0.4 is 9.64 Å². The molecule has 234 valence electrons. The third-order valence-electron chi connectivity index (χ3n) is 7.69. The van der Waals surface area contributed by atoms with Gasteiger partial charge in [0.25, 0.3) is 0 Å². The van der Waals surface area contributed by atoms with E-state index >= 15 is 0 Å². The summed E-state index contributed by atoms with van der Waals surface area (Å²) in [6.07, 6.45) is 4.11. The largest absolute Gasteiger partial charge is 0.494 e. The highest BCUT2D eigenvalue weighted by molar-refractivity contribution is 5.97. The van der Waals surface area contributed by atoms with E-state index in [1.807, 2.05) is 45.5 Å². The van der Waals surface area contributed by atoms with Gasteiger partial charge in [-0.05, 0) is 78.6 Å². The van der Waals surface area contributed by atoms with Crippen molar-refractivity contribution in [3.63, 3.8) is 0 Å². The lowest BCUT2D eigenvalue weighted by Crippen LogP contribution is -2.46. The maximum atomic E-state index is 12.0. The minimum atomic E-state index is -0.419. The summed E-state index contributed by atoms with van der Waals surface area (Å²) in [7, 11) is 4.87. The first-order chi connectivity index (χ1) is 20.3. The number of aromatic nitrogens is 3. The van der Waals surface area contributed by atoms with Crippen LogP contribution >= 0.6 is 0 Å². The Kier molecular flexibility index (Phi) is 9.84. The number of morpholine rings is 1. The van der Waals surface area contributed by atoms with E-state index in [0.717, 1.165) is 22.7 Å². The van der Waals surface area contributed by atoms with Crippen LogP contribution in [-0.2, 0) is 21.3 Å². The second-order valence-electron chi connectivity index (χ2n) is 12.2. The quantitative estimate of drug-likeness (QED) is 0.364. The summed E-state index contributed by atoms with van der Waals surface area (Å²) < 4.78 is 22.9. The molecule has 0 unspecified atom stereocenters. The second kappa shape index (κ2) is 13.2. The number of anilines is 1. The van der Waals surface area contributed by atoms with Crippen LogP contribution in [-0.4, -0.2) is 89.2 Å². The maximum Gasteiger partial charge on any atom is 0.410 e. The summed E-state index contributed by atoms with van der Waals surface area (Å²) in [5.41, 5.74) is 2.40. The van der Waals surface area contributed by atoms with Gasteiger partial charge in [0.15, 0.2) is 0 Å². The number of methoxy groups -OCH3 is 2. The first-order valence-corrected chi connectivity index (χ1v) is 14.8. The molecule has 1 aromatic carbocycles. The van der Waals surface area contributed by atoms with Crippen LogP contribution in [0.3, 0.4) is 0 Å². The molecule has 2 aromatic heterocycles. The number of ether oxygens (including phenoxy) is 4. The molecule has 2 fully saturated rings. The Morgan fingerprint density at radius 1 is 1.05 bits per heavy atom. The summed E-state index contributed by atoms with van der Waals surface area (Å²) in [6, 6.07) is 8.51. The fourth-order valence-electron chi connectivity index (χ4n) is 5.59. The molecule has 0 saturated carbocycles. The molecule has 1 amide bonds. The van der Waals surface area contributed by atoms with Crippen molar-refractivity contribution < 1.29 is 28.5 Å². The highest BCUT2D eigenvalue weighted by atomic mass is 16.6. The number of hydrogen-bond acceptors (Lipinski definition) is 9. The molecule has 0 spiro atoms. The SMILES string of the molecule is COC(=O)c1cc(OC)c2c(c1)nc(-c1ccc(N3[C@@H](C)CC[C@@H]3C)nc1)n2C.C[C@H]1CN(C(=O)OC(C)(C)C)CCO1. The number of amides is 1. The van der Waals surface area contributed by atoms with E-state index in [-0.39, 0.29) is 12.2 Å². The number of nitrogens with zero attached hydrogens (tertiary/aromatic N) is 5. The second-order valence-corrected chi connectivity index (χ2v) is 12.2. The molecule has 2 aliphatic heterocycles. The number of benzene rings is 1. The Labute approximate surface area is 254 Å². The van der Waals surface area contributed by atoms with Crippen molar-refractivity contribution >= 4 is 28.9 Å². The Hall–Kier alpha value is -3.86. The van der Waals surface area contributed by atoms with Gasteiger partial charge in [-0.2, -0.15) is 0 Å². The average Bonchev–Trinajstić information content (AvgIpc) is 3.49. The van der Waals surface area contributed by atoms with E-state index in [0.29, 0.717) is 48.6 Å². The van der Waals surface area contributed by atoms with Gasteiger partial charge in [0.1, 0.15) is 28.5 Å². The maximum absolute atomic E-state index is 12.0. The molecule has 0 radical (unpaired) electrons. The smallest absolute Gasteiger partial charge is 0.410 e. The molecule has 43 heavy (non-hydrogen) atoms. The van der Waals surface area contributed by atoms with Gasteiger partial charge in [0.2, 0.25) is 0 Å². The van der Waals surface area contributed by atoms with Crippen LogP contribution in [0.2, 0.25) is 0 Å². The van der Waals surface area contributed by atoms with Crippen molar-refractivity contribution in [2.24, 2.45) is 7.05 Å². The first kappa shape index (κ1) is 32.1. The zero-order chi connectivity index (χ0) is 31.5. The van der Waals surface area contributed by atoms with Gasteiger partial charge in [-0.15, -0.1) is 0 Å². The number of fused-ring (bicyclic) bond motifs is 1. The Morgan fingerprint density at radius 3 is 2.30 bits per heavy atom. The predicted octanol–water partition coefficient (Wildman–Crippen LogP) is 5.45. The van der Waals surface area contributed by atoms with E-state index in [1.54, 1.807) is 24.1 Å². The van der Waals surface area contributed by atoms with Gasteiger partial charge in [0.05, 0.1) is 44.6 Å². The minimum absolute atomic E-state index is 0.108. The fourth-order valence-corrected chi connectivity index (χ4v) is 5.59. The Bertz CT molecular complexity index is 1420. The number of rotatable bonds is 4. The molecule has 2 aliphatic rings. The minimum Gasteiger partial charge on any atom is -0.494 e. The monoisotopic (exact) mass is 595 g/mol. The highest BCUT2D eigenvalue weighted by Gasteiger charge is 2.29. The normalized spacial score (nSPS) is 20.4. The molecule has 11 heteroatoms. The Balaban J connectivity index is 0.000000255. The number of carbonyl (C=O) groups is 2. The third kappa shape index (κ3) is 7.38. The molecule has 0 aliphatic carbocycles. The summed E-state index contributed by atoms with van der Waals surface area (Å²) in [6.45, 7) is 13.9. The van der Waals surface area contributed by atoms with E-state index < -0.39 is 11.6 Å². The molecule has 3 atom stereocenters. The average molecular weight is 596 g/mol. The highest BCUT2D eigenvalue weighted by Crippen LogP contribution is 2.33. The summed E-state index contributed by atoms with van der Waals surface area (Å²) in [4.78, 5) is 37.1. The number of carbonyl (C=O) groups excluding carboxylic acids is 2. The summed E-state index contributed by atoms with van der Waals surface area (Å²) in [5, 5.41) is 0. The standard InChI is InChI=1S/C22H26N4O3.C10H19NO3/c1-13-6-7-14(2)26(13)19-9-8-15(12-23-19)21-24-17-10-16(22(27)29-5)11-18(28-4)20(17)25(21)3;1-8-7-11(5-6-13-8)9(12)14-10(2,3)4/h8-14H,6-7H2,1-5H3;8H,5-7H2,1-4H3/t13-,14-;8-/m00/s1. The van der Waals surface area contributed by atoms with Crippen LogP contribution in [0, 0.1) is 0 Å². The lowest BCUT2D eigenvalue weighted by Gasteiger charge is -2.32. The molecule has 0 N–H and O–H groups in total. The van der Waals surface area contributed by atoms with Crippen molar-refractivity contribution in [3.8, 4) is 17.1 Å². The van der Waals surface area contributed by atoms with Crippen molar-refractivity contribution in [1.29, 1.82) is 0 Å². The third-order valence-corrected chi connectivity index (χ3v) is 7.69. The van der Waals surface area contributed by atoms with Crippen LogP contribution in [0.15, 0.2) is 30.5 Å². The first-order valence-electron chi connectivity index (χ1n) is 14.8. The number of aryl methyl sites for hydroxylation is 1. The van der Waals surface area contributed by atoms with Gasteiger partial charge in [-0.3, -0.25) is 0 Å². The van der Waals surface area contributed by atoms with Gasteiger partial charge in [-0.25, -0.2) is 19.6 Å². The molecule has 4 heterocycles. The van der Waals surface area contributed by atoms with E-state index in [2.05, 4.69) is 30.9 Å². The summed E-state index contributed by atoms with van der Waals surface area (Å²) >= 11 is 0. The lowest BCUT2D eigenvalue weighted by atomic mass is 10.2. The summed E-state index contributed by atoms with van der Waals surface area (Å²) in [5.74, 6) is 1.92. The number of esters is 1. The van der Waals surface area contributed by atoms with Crippen LogP contribution in [0.4, 0.5) is 10.6 Å². The lowest BCUT2D eigenvalue weighted by molar-refractivity contribution is -0.0353. The molecule has 3 aromatic rings.